The van der Waals surface area contributed by atoms with E-state index in [-0.39, 0.29) is 6.10 Å². The van der Waals surface area contributed by atoms with Crippen LogP contribution >= 0.6 is 23.2 Å². The van der Waals surface area contributed by atoms with Gasteiger partial charge in [0.25, 0.3) is 0 Å². The molecule has 0 saturated carbocycles. The number of rotatable bonds is 9. The van der Waals surface area contributed by atoms with Crippen LogP contribution in [0.3, 0.4) is 0 Å². The Morgan fingerprint density at radius 2 is 1.48 bits per heavy atom. The zero-order valence-corrected chi connectivity index (χ0v) is 19.7. The zero-order chi connectivity index (χ0) is 19.3. The highest BCUT2D eigenvalue weighted by Crippen LogP contribution is 2.40. The lowest BCUT2D eigenvalue weighted by Crippen LogP contribution is -2.37. The standard InChI is InChI=1S/C21H36Cl2OSi/c1-8-25(9-2,10-3)24-19(12-11-13-21(5,6)7)20-17(22)14-16(4)15-18(20)23/h14-15,19H,8-13H2,1-7H3. The van der Waals surface area contributed by atoms with Gasteiger partial charge >= 0.3 is 0 Å². The highest BCUT2D eigenvalue weighted by atomic mass is 35.5. The van der Waals surface area contributed by atoms with Gasteiger partial charge in [0.05, 0.1) is 6.10 Å². The summed E-state index contributed by atoms with van der Waals surface area (Å²) >= 11 is 13.2. The molecule has 1 nitrogen and oxygen atoms in total. The summed E-state index contributed by atoms with van der Waals surface area (Å²) in [5, 5.41) is 1.49. The summed E-state index contributed by atoms with van der Waals surface area (Å²) in [6.45, 7) is 15.7. The lowest BCUT2D eigenvalue weighted by molar-refractivity contribution is 0.169. The maximum absolute atomic E-state index is 6.86. The molecule has 0 aliphatic heterocycles. The molecule has 0 fully saturated rings. The molecule has 0 spiro atoms. The van der Waals surface area contributed by atoms with E-state index in [4.69, 9.17) is 27.6 Å². The van der Waals surface area contributed by atoms with Crippen LogP contribution in [-0.2, 0) is 4.43 Å². The van der Waals surface area contributed by atoms with Crippen molar-refractivity contribution >= 4 is 31.5 Å². The topological polar surface area (TPSA) is 9.23 Å². The molecule has 25 heavy (non-hydrogen) atoms. The fourth-order valence-electron chi connectivity index (χ4n) is 3.40. The van der Waals surface area contributed by atoms with E-state index in [1.54, 1.807) is 0 Å². The monoisotopic (exact) mass is 402 g/mol. The number of halogens is 2. The first-order valence-electron chi connectivity index (χ1n) is 9.70. The minimum Gasteiger partial charge on any atom is -0.410 e. The third-order valence-electron chi connectivity index (χ3n) is 5.26. The molecule has 1 atom stereocenters. The van der Waals surface area contributed by atoms with Gasteiger partial charge in [-0.15, -0.1) is 0 Å². The van der Waals surface area contributed by atoms with Gasteiger partial charge in [-0.1, -0.05) is 71.2 Å². The summed E-state index contributed by atoms with van der Waals surface area (Å²) in [5.74, 6) is 0. The van der Waals surface area contributed by atoms with Crippen molar-refractivity contribution in [2.75, 3.05) is 0 Å². The molecule has 0 aliphatic carbocycles. The lowest BCUT2D eigenvalue weighted by atomic mass is 9.88. The van der Waals surface area contributed by atoms with E-state index in [1.165, 1.54) is 6.42 Å². The molecule has 0 bridgehead atoms. The molecule has 1 aromatic carbocycles. The van der Waals surface area contributed by atoms with E-state index in [2.05, 4.69) is 41.5 Å². The third-order valence-corrected chi connectivity index (χ3v) is 10.5. The average molecular weight is 404 g/mol. The third kappa shape index (κ3) is 6.90. The van der Waals surface area contributed by atoms with E-state index < -0.39 is 8.32 Å². The first-order chi connectivity index (χ1) is 11.6. The van der Waals surface area contributed by atoms with Crippen LogP contribution in [0.2, 0.25) is 28.2 Å². The molecule has 0 radical (unpaired) electrons. The molecule has 0 amide bonds. The van der Waals surface area contributed by atoms with Gasteiger partial charge in [-0.3, -0.25) is 0 Å². The minimum atomic E-state index is -1.74. The van der Waals surface area contributed by atoms with Gasteiger partial charge < -0.3 is 4.43 Å². The van der Waals surface area contributed by atoms with Crippen molar-refractivity contribution in [2.45, 2.75) is 92.0 Å². The average Bonchev–Trinajstić information content (AvgIpc) is 2.50. The van der Waals surface area contributed by atoms with Crippen LogP contribution < -0.4 is 0 Å². The van der Waals surface area contributed by atoms with E-state index in [1.807, 2.05) is 19.1 Å². The van der Waals surface area contributed by atoms with E-state index in [9.17, 15) is 0 Å². The van der Waals surface area contributed by atoms with Gasteiger partial charge in [0.2, 0.25) is 0 Å². The van der Waals surface area contributed by atoms with Crippen molar-refractivity contribution in [3.05, 3.63) is 33.3 Å². The van der Waals surface area contributed by atoms with Gasteiger partial charge in [-0.2, -0.15) is 0 Å². The maximum Gasteiger partial charge on any atom is 0.192 e. The second-order valence-electron chi connectivity index (χ2n) is 8.45. The van der Waals surface area contributed by atoms with Crippen LogP contribution in [0.1, 0.15) is 78.0 Å². The predicted molar refractivity (Wildman–Crippen MR) is 116 cm³/mol. The van der Waals surface area contributed by atoms with Crippen molar-refractivity contribution < 1.29 is 4.43 Å². The Labute approximate surface area is 166 Å². The van der Waals surface area contributed by atoms with Crippen LogP contribution in [0, 0.1) is 12.3 Å². The molecule has 1 aromatic rings. The molecule has 0 saturated heterocycles. The normalized spacial score (nSPS) is 14.0. The second-order valence-corrected chi connectivity index (χ2v) is 14.0. The molecule has 0 N–H and O–H groups in total. The fourth-order valence-corrected chi connectivity index (χ4v) is 7.08. The molecule has 1 unspecified atom stereocenters. The van der Waals surface area contributed by atoms with Crippen LogP contribution in [0.25, 0.3) is 0 Å². The van der Waals surface area contributed by atoms with Gasteiger partial charge in [0.15, 0.2) is 8.32 Å². The Bertz CT molecular complexity index is 516. The summed E-state index contributed by atoms with van der Waals surface area (Å²) in [6, 6.07) is 7.43. The molecule has 0 heterocycles. The van der Waals surface area contributed by atoms with Crippen molar-refractivity contribution in [3.8, 4) is 0 Å². The molecule has 0 aromatic heterocycles. The maximum atomic E-state index is 6.86. The molecule has 4 heteroatoms. The van der Waals surface area contributed by atoms with Crippen LogP contribution in [0.5, 0.6) is 0 Å². The largest absolute Gasteiger partial charge is 0.410 e. The number of benzene rings is 1. The second kappa shape index (κ2) is 9.78. The van der Waals surface area contributed by atoms with Gasteiger partial charge in [-0.05, 0) is 61.0 Å². The van der Waals surface area contributed by atoms with Gasteiger partial charge in [0, 0.05) is 15.6 Å². The first-order valence-corrected chi connectivity index (χ1v) is 13.0. The van der Waals surface area contributed by atoms with Crippen molar-refractivity contribution in [1.29, 1.82) is 0 Å². The predicted octanol–water partition coefficient (Wildman–Crippen LogP) is 8.58. The highest BCUT2D eigenvalue weighted by Gasteiger charge is 2.34. The number of aryl methyl sites for hydroxylation is 1. The Morgan fingerprint density at radius 3 is 1.88 bits per heavy atom. The zero-order valence-electron chi connectivity index (χ0n) is 17.1. The quantitative estimate of drug-likeness (QED) is 0.375. The van der Waals surface area contributed by atoms with Gasteiger partial charge in [-0.25, -0.2) is 0 Å². The summed E-state index contributed by atoms with van der Waals surface area (Å²) in [7, 11) is -1.74. The SMILES string of the molecule is CC[Si](CC)(CC)OC(CCCC(C)(C)C)c1c(Cl)cc(C)cc1Cl. The molecule has 0 aliphatic rings. The smallest absolute Gasteiger partial charge is 0.192 e. The van der Waals surface area contributed by atoms with Crippen LogP contribution in [-0.4, -0.2) is 8.32 Å². The molecular formula is C21H36Cl2OSi. The Balaban J connectivity index is 3.15. The Morgan fingerprint density at radius 1 is 1.00 bits per heavy atom. The van der Waals surface area contributed by atoms with Crippen molar-refractivity contribution in [3.63, 3.8) is 0 Å². The summed E-state index contributed by atoms with van der Waals surface area (Å²) in [6.07, 6.45) is 3.28. The molecular weight excluding hydrogens is 367 g/mol. The first kappa shape index (κ1) is 23.0. The summed E-state index contributed by atoms with van der Waals surface area (Å²) < 4.78 is 6.86. The lowest BCUT2D eigenvalue weighted by Gasteiger charge is -2.35. The Hall–Kier alpha value is -0.0231. The summed E-state index contributed by atoms with van der Waals surface area (Å²) in [5.41, 5.74) is 2.42. The molecule has 144 valence electrons. The summed E-state index contributed by atoms with van der Waals surface area (Å²) in [4.78, 5) is 0. The van der Waals surface area contributed by atoms with Gasteiger partial charge in [0.1, 0.15) is 0 Å². The van der Waals surface area contributed by atoms with Crippen LogP contribution in [0.15, 0.2) is 12.1 Å². The Kier molecular flexibility index (Phi) is 9.00. The van der Waals surface area contributed by atoms with Crippen LogP contribution in [0.4, 0.5) is 0 Å². The highest BCUT2D eigenvalue weighted by molar-refractivity contribution is 6.73. The van der Waals surface area contributed by atoms with Crippen molar-refractivity contribution in [1.82, 2.24) is 0 Å². The minimum absolute atomic E-state index is 0.00877. The number of hydrogen-bond acceptors (Lipinski definition) is 1. The molecule has 1 rings (SSSR count). The van der Waals surface area contributed by atoms with E-state index in [0.717, 1.165) is 52.1 Å². The van der Waals surface area contributed by atoms with E-state index >= 15 is 0 Å². The van der Waals surface area contributed by atoms with E-state index in [0.29, 0.717) is 5.41 Å². The fraction of sp³-hybridized carbons (Fsp3) is 0.714. The van der Waals surface area contributed by atoms with Crippen molar-refractivity contribution in [2.24, 2.45) is 5.41 Å². The number of hydrogen-bond donors (Lipinski definition) is 0.